The van der Waals surface area contributed by atoms with Crippen molar-refractivity contribution in [2.24, 2.45) is 0 Å². The van der Waals surface area contributed by atoms with Crippen molar-refractivity contribution >= 4 is 11.6 Å². The van der Waals surface area contributed by atoms with Crippen LogP contribution in [0, 0.1) is 6.92 Å². The van der Waals surface area contributed by atoms with Crippen LogP contribution in [0.5, 0.6) is 0 Å². The third kappa shape index (κ3) is 4.70. The molecular formula is C24H26N2O2. The van der Waals surface area contributed by atoms with Crippen LogP contribution in [-0.4, -0.2) is 17.4 Å². The number of hydrogen-bond donors (Lipinski definition) is 1. The van der Waals surface area contributed by atoms with Gasteiger partial charge in [-0.15, -0.1) is 0 Å². The topological polar surface area (TPSA) is 45.5 Å². The van der Waals surface area contributed by atoms with Crippen molar-refractivity contribution < 1.29 is 9.21 Å². The van der Waals surface area contributed by atoms with Crippen molar-refractivity contribution in [2.75, 3.05) is 11.9 Å². The molecule has 0 bridgehead atoms. The number of nitrogens with one attached hydrogen (secondary N) is 1. The molecule has 0 radical (unpaired) electrons. The number of aryl methyl sites for hydroxylation is 2. The summed E-state index contributed by atoms with van der Waals surface area (Å²) in [5, 5.41) is 3.06. The van der Waals surface area contributed by atoms with Crippen molar-refractivity contribution in [3.8, 4) is 0 Å². The quantitative estimate of drug-likeness (QED) is 0.679. The van der Waals surface area contributed by atoms with Gasteiger partial charge in [0.25, 0.3) is 0 Å². The Bertz CT molecular complexity index is 930. The van der Waals surface area contributed by atoms with Crippen LogP contribution in [0.1, 0.15) is 34.2 Å². The van der Waals surface area contributed by atoms with Crippen LogP contribution >= 0.6 is 0 Å². The van der Waals surface area contributed by atoms with E-state index in [0.29, 0.717) is 6.42 Å². The molecule has 1 aliphatic heterocycles. The highest BCUT2D eigenvalue weighted by Gasteiger charge is 2.17. The number of furan rings is 1. The minimum absolute atomic E-state index is 0.0617. The van der Waals surface area contributed by atoms with E-state index in [4.69, 9.17) is 4.42 Å². The summed E-state index contributed by atoms with van der Waals surface area (Å²) in [6.45, 7) is 4.90. The van der Waals surface area contributed by atoms with Crippen LogP contribution in [-0.2, 0) is 30.7 Å². The van der Waals surface area contributed by atoms with Gasteiger partial charge in [-0.05, 0) is 54.7 Å². The van der Waals surface area contributed by atoms with Gasteiger partial charge in [0.05, 0.1) is 12.5 Å². The first-order chi connectivity index (χ1) is 13.7. The Balaban J connectivity index is 1.34. The Morgan fingerprint density at radius 2 is 1.93 bits per heavy atom. The second kappa shape index (κ2) is 8.44. The number of carbonyl (C=O) groups excluding carboxylic acids is 1. The summed E-state index contributed by atoms with van der Waals surface area (Å²) in [5.41, 5.74) is 7.19. The summed E-state index contributed by atoms with van der Waals surface area (Å²) in [6.07, 6.45) is 5.81. The van der Waals surface area contributed by atoms with Crippen LogP contribution in [0.25, 0.3) is 0 Å². The highest BCUT2D eigenvalue weighted by molar-refractivity contribution is 5.91. The van der Waals surface area contributed by atoms with Gasteiger partial charge in [0.2, 0.25) is 5.91 Å². The van der Waals surface area contributed by atoms with E-state index in [1.54, 1.807) is 12.5 Å². The largest absolute Gasteiger partial charge is 0.472 e. The van der Waals surface area contributed by atoms with E-state index in [-0.39, 0.29) is 5.91 Å². The standard InChI is InChI=1S/C24H26N2O2/c1-18-2-4-19(5-3-18)6-9-24(27)25-23-8-7-21-10-12-26(16-22(21)14-23)15-20-11-13-28-17-20/h2-5,7-8,11,13-14,17H,6,9-10,12,15-16H2,1H3,(H,25,27). The number of hydrogen-bond acceptors (Lipinski definition) is 3. The first-order valence-electron chi connectivity index (χ1n) is 9.86. The number of benzene rings is 2. The van der Waals surface area contributed by atoms with Crippen molar-refractivity contribution in [3.63, 3.8) is 0 Å². The molecule has 28 heavy (non-hydrogen) atoms. The second-order valence-corrected chi connectivity index (χ2v) is 7.61. The molecule has 1 N–H and O–H groups in total. The van der Waals surface area contributed by atoms with Crippen molar-refractivity contribution in [3.05, 3.63) is 88.9 Å². The number of rotatable bonds is 6. The van der Waals surface area contributed by atoms with E-state index in [1.807, 2.05) is 12.1 Å². The molecule has 1 aromatic heterocycles. The fourth-order valence-corrected chi connectivity index (χ4v) is 3.71. The summed E-state index contributed by atoms with van der Waals surface area (Å²) in [5.74, 6) is 0.0617. The fourth-order valence-electron chi connectivity index (χ4n) is 3.71. The number of carbonyl (C=O) groups is 1. The van der Waals surface area contributed by atoms with Crippen LogP contribution in [0.2, 0.25) is 0 Å². The molecule has 2 heterocycles. The molecule has 1 aliphatic rings. The summed E-state index contributed by atoms with van der Waals surface area (Å²) in [7, 11) is 0. The molecule has 0 fully saturated rings. The average molecular weight is 374 g/mol. The Hall–Kier alpha value is -2.85. The Kier molecular flexibility index (Phi) is 5.58. The SMILES string of the molecule is Cc1ccc(CCC(=O)Nc2ccc3c(c2)CN(Cc2ccoc2)CC3)cc1. The van der Waals surface area contributed by atoms with Gasteiger partial charge in [0.15, 0.2) is 0 Å². The van der Waals surface area contributed by atoms with Gasteiger partial charge in [0.1, 0.15) is 0 Å². The van der Waals surface area contributed by atoms with Crippen LogP contribution in [0.15, 0.2) is 65.5 Å². The number of anilines is 1. The minimum atomic E-state index is 0.0617. The Labute approximate surface area is 166 Å². The van der Waals surface area contributed by atoms with Gasteiger partial charge < -0.3 is 9.73 Å². The molecule has 0 spiro atoms. The van der Waals surface area contributed by atoms with Gasteiger partial charge in [-0.3, -0.25) is 9.69 Å². The zero-order chi connectivity index (χ0) is 19.3. The zero-order valence-electron chi connectivity index (χ0n) is 16.3. The first-order valence-corrected chi connectivity index (χ1v) is 9.86. The summed E-state index contributed by atoms with van der Waals surface area (Å²) in [4.78, 5) is 14.8. The monoisotopic (exact) mass is 374 g/mol. The lowest BCUT2D eigenvalue weighted by Gasteiger charge is -2.28. The maximum atomic E-state index is 12.4. The zero-order valence-corrected chi connectivity index (χ0v) is 16.3. The van der Waals surface area contributed by atoms with Gasteiger partial charge in [-0.2, -0.15) is 0 Å². The second-order valence-electron chi connectivity index (χ2n) is 7.61. The lowest BCUT2D eigenvalue weighted by Crippen LogP contribution is -2.30. The predicted molar refractivity (Wildman–Crippen MR) is 111 cm³/mol. The van der Waals surface area contributed by atoms with E-state index in [1.165, 1.54) is 27.8 Å². The molecule has 1 amide bonds. The number of amides is 1. The van der Waals surface area contributed by atoms with Gasteiger partial charge >= 0.3 is 0 Å². The van der Waals surface area contributed by atoms with Gasteiger partial charge in [0, 0.05) is 37.3 Å². The minimum Gasteiger partial charge on any atom is -0.472 e. The molecule has 4 heteroatoms. The van der Waals surface area contributed by atoms with Crippen LogP contribution in [0.3, 0.4) is 0 Å². The predicted octanol–water partition coefficient (Wildman–Crippen LogP) is 4.72. The third-order valence-corrected chi connectivity index (χ3v) is 5.33. The smallest absolute Gasteiger partial charge is 0.224 e. The maximum Gasteiger partial charge on any atom is 0.224 e. The van der Waals surface area contributed by atoms with E-state index < -0.39 is 0 Å². The lowest BCUT2D eigenvalue weighted by atomic mass is 9.98. The van der Waals surface area contributed by atoms with E-state index in [0.717, 1.165) is 38.2 Å². The third-order valence-electron chi connectivity index (χ3n) is 5.33. The molecule has 2 aromatic carbocycles. The molecule has 0 saturated heterocycles. The molecular weight excluding hydrogens is 348 g/mol. The normalized spacial score (nSPS) is 13.9. The van der Waals surface area contributed by atoms with E-state index in [9.17, 15) is 4.79 Å². The fraction of sp³-hybridized carbons (Fsp3) is 0.292. The summed E-state index contributed by atoms with van der Waals surface area (Å²) >= 11 is 0. The van der Waals surface area contributed by atoms with Crippen molar-refractivity contribution in [1.29, 1.82) is 0 Å². The molecule has 3 aromatic rings. The molecule has 144 valence electrons. The van der Waals surface area contributed by atoms with Crippen molar-refractivity contribution in [1.82, 2.24) is 4.90 Å². The number of nitrogens with zero attached hydrogens (tertiary/aromatic N) is 1. The molecule has 4 rings (SSSR count). The van der Waals surface area contributed by atoms with Gasteiger partial charge in [-0.1, -0.05) is 35.9 Å². The van der Waals surface area contributed by atoms with Crippen LogP contribution in [0.4, 0.5) is 5.69 Å². The molecule has 0 atom stereocenters. The van der Waals surface area contributed by atoms with E-state index >= 15 is 0 Å². The highest BCUT2D eigenvalue weighted by atomic mass is 16.3. The van der Waals surface area contributed by atoms with E-state index in [2.05, 4.69) is 53.5 Å². The number of fused-ring (bicyclic) bond motifs is 1. The first kappa shape index (κ1) is 18.5. The summed E-state index contributed by atoms with van der Waals surface area (Å²) in [6, 6.07) is 16.7. The molecule has 0 saturated carbocycles. The molecule has 0 aliphatic carbocycles. The van der Waals surface area contributed by atoms with Crippen LogP contribution < -0.4 is 5.32 Å². The maximum absolute atomic E-state index is 12.4. The highest BCUT2D eigenvalue weighted by Crippen LogP contribution is 2.24. The van der Waals surface area contributed by atoms with Crippen molar-refractivity contribution in [2.45, 2.75) is 39.3 Å². The Morgan fingerprint density at radius 3 is 2.71 bits per heavy atom. The lowest BCUT2D eigenvalue weighted by molar-refractivity contribution is -0.116. The van der Waals surface area contributed by atoms with Gasteiger partial charge in [-0.25, -0.2) is 0 Å². The Morgan fingerprint density at radius 1 is 1.07 bits per heavy atom. The average Bonchev–Trinajstić information content (AvgIpc) is 3.20. The summed E-state index contributed by atoms with van der Waals surface area (Å²) < 4.78 is 5.17. The molecule has 4 nitrogen and oxygen atoms in total. The molecule has 0 unspecified atom stereocenters.